The lowest BCUT2D eigenvalue weighted by atomic mass is 10.1. The van der Waals surface area contributed by atoms with Crippen LogP contribution in [-0.4, -0.2) is 51.8 Å². The fraction of sp³-hybridized carbons (Fsp3) is 0.375. The number of hydrogen-bond acceptors (Lipinski definition) is 3. The first-order chi connectivity index (χ1) is 14.5. The number of benzene rings is 1. The lowest BCUT2D eigenvalue weighted by Gasteiger charge is -2.32. The van der Waals surface area contributed by atoms with Gasteiger partial charge in [-0.15, -0.1) is 0 Å². The van der Waals surface area contributed by atoms with E-state index >= 15 is 0 Å². The van der Waals surface area contributed by atoms with E-state index in [0.29, 0.717) is 6.54 Å². The lowest BCUT2D eigenvalue weighted by molar-refractivity contribution is -0.917. The highest BCUT2D eigenvalue weighted by Gasteiger charge is 2.28. The molecule has 3 aromatic rings. The minimum atomic E-state index is 0.114. The number of aryl methyl sites for hydroxylation is 2. The minimum Gasteiger partial charge on any atom is -0.328 e. The molecule has 3 heterocycles. The Bertz CT molecular complexity index is 1000. The van der Waals surface area contributed by atoms with E-state index in [1.54, 1.807) is 0 Å². The average Bonchev–Trinajstić information content (AvgIpc) is 3.03. The number of amides is 1. The molecule has 0 saturated carbocycles. The Balaban J connectivity index is 1.41. The second-order valence-electron chi connectivity index (χ2n) is 8.26. The van der Waals surface area contributed by atoms with Crippen LogP contribution in [0.3, 0.4) is 0 Å². The molecule has 6 nitrogen and oxygen atoms in total. The van der Waals surface area contributed by atoms with Crippen molar-refractivity contribution in [1.29, 1.82) is 0 Å². The first kappa shape index (κ1) is 20.3. The summed E-state index contributed by atoms with van der Waals surface area (Å²) >= 11 is 0. The van der Waals surface area contributed by atoms with Crippen LogP contribution in [0, 0.1) is 20.8 Å². The highest BCUT2D eigenvalue weighted by Crippen LogP contribution is 2.17. The van der Waals surface area contributed by atoms with Gasteiger partial charge in [-0.3, -0.25) is 14.5 Å². The topological polar surface area (TPSA) is 55.5 Å². The Morgan fingerprint density at radius 3 is 2.30 bits per heavy atom. The Morgan fingerprint density at radius 1 is 0.967 bits per heavy atom. The normalized spacial score (nSPS) is 14.8. The molecule has 1 aliphatic rings. The molecule has 30 heavy (non-hydrogen) atoms. The van der Waals surface area contributed by atoms with E-state index in [-0.39, 0.29) is 5.91 Å². The van der Waals surface area contributed by atoms with Crippen LogP contribution in [0.25, 0.3) is 0 Å². The van der Waals surface area contributed by atoms with Crippen molar-refractivity contribution in [1.82, 2.24) is 19.7 Å². The van der Waals surface area contributed by atoms with Crippen molar-refractivity contribution < 1.29 is 9.69 Å². The molecule has 1 aliphatic heterocycles. The molecule has 0 spiro atoms. The van der Waals surface area contributed by atoms with E-state index < -0.39 is 0 Å². The van der Waals surface area contributed by atoms with Gasteiger partial charge in [0.15, 0.2) is 0 Å². The number of carbonyl (C=O) groups is 1. The molecule has 1 N–H and O–H groups in total. The number of nitrogens with zero attached hydrogens (tertiary/aromatic N) is 4. The number of carbonyl (C=O) groups excluding carboxylic acids is 1. The van der Waals surface area contributed by atoms with Gasteiger partial charge >= 0.3 is 0 Å². The van der Waals surface area contributed by atoms with E-state index in [2.05, 4.69) is 53.4 Å². The number of rotatable bonds is 5. The summed E-state index contributed by atoms with van der Waals surface area (Å²) in [6, 6.07) is 12.6. The Labute approximate surface area is 178 Å². The van der Waals surface area contributed by atoms with Crippen LogP contribution in [0.5, 0.6) is 0 Å². The predicted molar refractivity (Wildman–Crippen MR) is 117 cm³/mol. The van der Waals surface area contributed by atoms with Crippen molar-refractivity contribution in [3.05, 3.63) is 82.4 Å². The molecule has 0 aliphatic carbocycles. The maximum Gasteiger partial charge on any atom is 0.258 e. The summed E-state index contributed by atoms with van der Waals surface area (Å²) in [5.74, 6) is 0.114. The largest absolute Gasteiger partial charge is 0.328 e. The van der Waals surface area contributed by atoms with Gasteiger partial charge in [-0.2, -0.15) is 5.10 Å². The second kappa shape index (κ2) is 8.79. The smallest absolute Gasteiger partial charge is 0.258 e. The fourth-order valence-electron chi connectivity index (χ4n) is 4.18. The number of nitrogens with one attached hydrogen (secondary N) is 1. The summed E-state index contributed by atoms with van der Waals surface area (Å²) in [6.07, 6.45) is 3.68. The molecular weight excluding hydrogens is 374 g/mol. The van der Waals surface area contributed by atoms with Crippen molar-refractivity contribution in [2.24, 2.45) is 0 Å². The molecule has 156 valence electrons. The van der Waals surface area contributed by atoms with Gasteiger partial charge in [0, 0.05) is 23.7 Å². The molecule has 0 unspecified atom stereocenters. The molecule has 1 amide bonds. The first-order valence-corrected chi connectivity index (χ1v) is 10.6. The maximum absolute atomic E-state index is 13.3. The standard InChI is InChI=1S/C24H29N5O/c1-18-4-6-21(7-5-18)17-29-20(3)23(19(2)26-29)24(30)28-14-12-27(13-15-28)16-22-8-10-25-11-9-22/h4-11H,12-17H2,1-3H3/p+1. The molecule has 0 radical (unpaired) electrons. The SMILES string of the molecule is Cc1ccc(Cn2nc(C)c(C(=O)N3CC[NH+](Cc4ccncc4)CC3)c2C)cc1. The summed E-state index contributed by atoms with van der Waals surface area (Å²) in [5.41, 5.74) is 6.26. The van der Waals surface area contributed by atoms with Gasteiger partial charge in [0.2, 0.25) is 0 Å². The zero-order chi connectivity index (χ0) is 21.1. The first-order valence-electron chi connectivity index (χ1n) is 10.6. The Kier molecular flexibility index (Phi) is 5.95. The van der Waals surface area contributed by atoms with Crippen molar-refractivity contribution in [3.63, 3.8) is 0 Å². The van der Waals surface area contributed by atoms with Gasteiger partial charge in [-0.25, -0.2) is 0 Å². The Morgan fingerprint density at radius 2 is 1.63 bits per heavy atom. The molecule has 1 aromatic carbocycles. The van der Waals surface area contributed by atoms with E-state index in [9.17, 15) is 4.79 Å². The van der Waals surface area contributed by atoms with Crippen LogP contribution in [0.15, 0.2) is 48.8 Å². The number of piperazine rings is 1. The van der Waals surface area contributed by atoms with Gasteiger partial charge < -0.3 is 9.80 Å². The van der Waals surface area contributed by atoms with Crippen molar-refractivity contribution in [2.45, 2.75) is 33.9 Å². The predicted octanol–water partition coefficient (Wildman–Crippen LogP) is 1.79. The van der Waals surface area contributed by atoms with Gasteiger partial charge in [0.25, 0.3) is 5.91 Å². The number of quaternary nitrogens is 1. The second-order valence-corrected chi connectivity index (χ2v) is 8.26. The minimum absolute atomic E-state index is 0.114. The molecule has 2 aromatic heterocycles. The molecule has 4 rings (SSSR count). The van der Waals surface area contributed by atoms with E-state index in [1.165, 1.54) is 21.6 Å². The highest BCUT2D eigenvalue weighted by atomic mass is 16.2. The van der Waals surface area contributed by atoms with Crippen molar-refractivity contribution in [3.8, 4) is 0 Å². The highest BCUT2D eigenvalue weighted by molar-refractivity contribution is 5.96. The van der Waals surface area contributed by atoms with Gasteiger partial charge in [-0.05, 0) is 38.5 Å². The van der Waals surface area contributed by atoms with Gasteiger partial charge in [-0.1, -0.05) is 29.8 Å². The zero-order valence-electron chi connectivity index (χ0n) is 18.1. The molecular formula is C24H30N5O+. The number of hydrogen-bond donors (Lipinski definition) is 1. The monoisotopic (exact) mass is 404 g/mol. The molecule has 1 fully saturated rings. The summed E-state index contributed by atoms with van der Waals surface area (Å²) in [6.45, 7) is 11.2. The van der Waals surface area contributed by atoms with Crippen LogP contribution in [-0.2, 0) is 13.1 Å². The molecule has 0 atom stereocenters. The van der Waals surface area contributed by atoms with Crippen LogP contribution in [0.2, 0.25) is 0 Å². The van der Waals surface area contributed by atoms with Crippen LogP contribution in [0.4, 0.5) is 0 Å². The van der Waals surface area contributed by atoms with Crippen molar-refractivity contribution in [2.75, 3.05) is 26.2 Å². The fourth-order valence-corrected chi connectivity index (χ4v) is 4.18. The van der Waals surface area contributed by atoms with Crippen LogP contribution in [0.1, 0.15) is 38.4 Å². The summed E-state index contributed by atoms with van der Waals surface area (Å²) in [7, 11) is 0. The molecule has 1 saturated heterocycles. The summed E-state index contributed by atoms with van der Waals surface area (Å²) in [5, 5.41) is 4.67. The number of aromatic nitrogens is 3. The lowest BCUT2D eigenvalue weighted by Crippen LogP contribution is -3.13. The van der Waals surface area contributed by atoms with E-state index in [4.69, 9.17) is 0 Å². The maximum atomic E-state index is 13.3. The molecule has 6 heteroatoms. The third-order valence-electron chi connectivity index (χ3n) is 6.01. The van der Waals surface area contributed by atoms with Crippen LogP contribution < -0.4 is 4.90 Å². The Hall–Kier alpha value is -2.99. The summed E-state index contributed by atoms with van der Waals surface area (Å²) in [4.78, 5) is 20.9. The van der Waals surface area contributed by atoms with Gasteiger partial charge in [0.1, 0.15) is 6.54 Å². The zero-order valence-corrected chi connectivity index (χ0v) is 18.1. The molecule has 0 bridgehead atoms. The number of pyridine rings is 1. The van der Waals surface area contributed by atoms with Gasteiger partial charge in [0.05, 0.1) is 44.0 Å². The third kappa shape index (κ3) is 4.44. The van der Waals surface area contributed by atoms with E-state index in [1.807, 2.05) is 35.8 Å². The van der Waals surface area contributed by atoms with Crippen LogP contribution >= 0.6 is 0 Å². The quantitative estimate of drug-likeness (QED) is 0.706. The van der Waals surface area contributed by atoms with Crippen molar-refractivity contribution >= 4 is 5.91 Å². The third-order valence-corrected chi connectivity index (χ3v) is 6.01. The average molecular weight is 405 g/mol. The summed E-state index contributed by atoms with van der Waals surface area (Å²) < 4.78 is 1.96. The van der Waals surface area contributed by atoms with E-state index in [0.717, 1.165) is 49.7 Å².